The van der Waals surface area contributed by atoms with Crippen LogP contribution in [0.3, 0.4) is 0 Å². The molecular formula is C9H13N3S. The van der Waals surface area contributed by atoms with Crippen LogP contribution in [-0.4, -0.2) is 19.1 Å². The van der Waals surface area contributed by atoms with E-state index in [0.29, 0.717) is 6.42 Å². The predicted octanol–water partition coefficient (Wildman–Crippen LogP) is 1.84. The second kappa shape index (κ2) is 4.24. The summed E-state index contributed by atoms with van der Waals surface area (Å²) in [5, 5.41) is 9.59. The maximum Gasteiger partial charge on any atom is 0.185 e. The molecule has 13 heavy (non-hydrogen) atoms. The summed E-state index contributed by atoms with van der Waals surface area (Å²) >= 11 is 1.61. The van der Waals surface area contributed by atoms with Crippen LogP contribution < -0.4 is 4.90 Å². The lowest BCUT2D eigenvalue weighted by molar-refractivity contribution is 1.00. The maximum absolute atomic E-state index is 8.60. The summed E-state index contributed by atoms with van der Waals surface area (Å²) in [6, 6.07) is 2.16. The molecule has 0 aliphatic heterocycles. The number of nitriles is 1. The van der Waals surface area contributed by atoms with Crippen LogP contribution in [-0.2, 0) is 12.8 Å². The topological polar surface area (TPSA) is 39.9 Å². The van der Waals surface area contributed by atoms with Gasteiger partial charge < -0.3 is 4.90 Å². The van der Waals surface area contributed by atoms with Crippen molar-refractivity contribution in [3.05, 3.63) is 10.6 Å². The summed E-state index contributed by atoms with van der Waals surface area (Å²) in [7, 11) is 3.93. The van der Waals surface area contributed by atoms with Gasteiger partial charge in [-0.15, -0.1) is 11.3 Å². The molecule has 1 aromatic heterocycles. The van der Waals surface area contributed by atoms with Crippen LogP contribution in [0.4, 0.5) is 5.13 Å². The molecule has 4 heteroatoms. The highest BCUT2D eigenvalue weighted by Gasteiger charge is 2.09. The van der Waals surface area contributed by atoms with Gasteiger partial charge in [0.25, 0.3) is 0 Å². The standard InChI is InChI=1S/C9H13N3S/c1-4-7-8(5-6-10)13-9(11-7)12(2)3/h4-5H2,1-3H3. The molecule has 0 saturated heterocycles. The highest BCUT2D eigenvalue weighted by molar-refractivity contribution is 7.15. The van der Waals surface area contributed by atoms with Crippen molar-refractivity contribution in [1.29, 1.82) is 5.26 Å². The minimum atomic E-state index is 0.481. The van der Waals surface area contributed by atoms with Crippen molar-refractivity contribution in [3.8, 4) is 6.07 Å². The first-order chi connectivity index (χ1) is 6.19. The summed E-state index contributed by atoms with van der Waals surface area (Å²) in [6.07, 6.45) is 1.38. The Labute approximate surface area is 82.6 Å². The molecule has 1 aromatic rings. The smallest absolute Gasteiger partial charge is 0.185 e. The van der Waals surface area contributed by atoms with Gasteiger partial charge in [-0.25, -0.2) is 4.98 Å². The summed E-state index contributed by atoms with van der Waals surface area (Å²) in [6.45, 7) is 2.06. The summed E-state index contributed by atoms with van der Waals surface area (Å²) in [4.78, 5) is 7.52. The zero-order chi connectivity index (χ0) is 9.84. The molecule has 0 aliphatic rings. The zero-order valence-electron chi connectivity index (χ0n) is 8.16. The fourth-order valence-corrected chi connectivity index (χ4v) is 2.05. The molecule has 1 heterocycles. The van der Waals surface area contributed by atoms with Crippen molar-refractivity contribution in [3.63, 3.8) is 0 Å². The Bertz CT molecular complexity index is 322. The van der Waals surface area contributed by atoms with Gasteiger partial charge in [0.05, 0.1) is 18.2 Å². The minimum Gasteiger partial charge on any atom is -0.354 e. The van der Waals surface area contributed by atoms with Crippen LogP contribution in [0.5, 0.6) is 0 Å². The molecule has 0 fully saturated rings. The van der Waals surface area contributed by atoms with Gasteiger partial charge in [0.1, 0.15) is 0 Å². The third kappa shape index (κ3) is 2.19. The highest BCUT2D eigenvalue weighted by atomic mass is 32.1. The van der Waals surface area contributed by atoms with E-state index in [1.807, 2.05) is 19.0 Å². The van der Waals surface area contributed by atoms with E-state index < -0.39 is 0 Å². The van der Waals surface area contributed by atoms with Gasteiger partial charge in [0.15, 0.2) is 5.13 Å². The second-order valence-corrected chi connectivity index (χ2v) is 4.01. The van der Waals surface area contributed by atoms with Crippen molar-refractivity contribution in [1.82, 2.24) is 4.98 Å². The number of aromatic nitrogens is 1. The van der Waals surface area contributed by atoms with Crippen LogP contribution >= 0.6 is 11.3 Å². The molecule has 0 amide bonds. The van der Waals surface area contributed by atoms with Crippen LogP contribution in [0.1, 0.15) is 17.5 Å². The van der Waals surface area contributed by atoms with E-state index in [2.05, 4.69) is 18.0 Å². The second-order valence-electron chi connectivity index (χ2n) is 2.95. The summed E-state index contributed by atoms with van der Waals surface area (Å²) in [5.74, 6) is 0. The quantitative estimate of drug-likeness (QED) is 0.738. The summed E-state index contributed by atoms with van der Waals surface area (Å²) in [5.41, 5.74) is 1.07. The van der Waals surface area contributed by atoms with Crippen LogP contribution in [0, 0.1) is 11.3 Å². The lowest BCUT2D eigenvalue weighted by Crippen LogP contribution is -2.07. The molecule has 70 valence electrons. The molecule has 0 aliphatic carbocycles. The SMILES string of the molecule is CCc1nc(N(C)C)sc1CC#N. The Morgan fingerprint density at radius 1 is 1.54 bits per heavy atom. The van der Waals surface area contributed by atoms with Gasteiger partial charge in [-0.3, -0.25) is 0 Å². The first kappa shape index (κ1) is 10.0. The fourth-order valence-electron chi connectivity index (χ4n) is 1.05. The van der Waals surface area contributed by atoms with Crippen molar-refractivity contribution >= 4 is 16.5 Å². The van der Waals surface area contributed by atoms with Gasteiger partial charge in [-0.1, -0.05) is 6.92 Å². The fraction of sp³-hybridized carbons (Fsp3) is 0.556. The average Bonchev–Trinajstić information content (AvgIpc) is 2.48. The molecular weight excluding hydrogens is 182 g/mol. The van der Waals surface area contributed by atoms with E-state index in [1.165, 1.54) is 0 Å². The van der Waals surface area contributed by atoms with Gasteiger partial charge >= 0.3 is 0 Å². The third-order valence-corrected chi connectivity index (χ3v) is 2.99. The van der Waals surface area contributed by atoms with E-state index in [0.717, 1.165) is 22.1 Å². The molecule has 0 saturated carbocycles. The zero-order valence-corrected chi connectivity index (χ0v) is 8.98. The largest absolute Gasteiger partial charge is 0.354 e. The van der Waals surface area contributed by atoms with Crippen LogP contribution in [0.25, 0.3) is 0 Å². The normalized spacial score (nSPS) is 9.69. The molecule has 0 bridgehead atoms. The Balaban J connectivity index is 2.98. The van der Waals surface area contributed by atoms with Crippen molar-refractivity contribution in [2.45, 2.75) is 19.8 Å². The first-order valence-corrected chi connectivity index (χ1v) is 5.03. The molecule has 0 unspecified atom stereocenters. The Morgan fingerprint density at radius 2 is 2.23 bits per heavy atom. The third-order valence-electron chi connectivity index (χ3n) is 1.72. The number of hydrogen-bond acceptors (Lipinski definition) is 4. The van der Waals surface area contributed by atoms with E-state index in [1.54, 1.807) is 11.3 Å². The monoisotopic (exact) mass is 195 g/mol. The summed E-state index contributed by atoms with van der Waals surface area (Å²) < 4.78 is 0. The van der Waals surface area contributed by atoms with Gasteiger partial charge in [0.2, 0.25) is 0 Å². The van der Waals surface area contributed by atoms with Gasteiger partial charge in [-0.2, -0.15) is 5.26 Å². The number of aryl methyl sites for hydroxylation is 1. The van der Waals surface area contributed by atoms with E-state index in [-0.39, 0.29) is 0 Å². The minimum absolute atomic E-state index is 0.481. The van der Waals surface area contributed by atoms with Gasteiger partial charge in [-0.05, 0) is 6.42 Å². The Hall–Kier alpha value is -1.08. The van der Waals surface area contributed by atoms with Crippen molar-refractivity contribution in [2.24, 2.45) is 0 Å². The average molecular weight is 195 g/mol. The molecule has 0 spiro atoms. The lowest BCUT2D eigenvalue weighted by Gasteiger charge is -2.05. The van der Waals surface area contributed by atoms with Crippen LogP contribution in [0.15, 0.2) is 0 Å². The Kier molecular flexibility index (Phi) is 3.26. The predicted molar refractivity (Wildman–Crippen MR) is 55.1 cm³/mol. The van der Waals surface area contributed by atoms with Gasteiger partial charge in [0, 0.05) is 19.0 Å². The lowest BCUT2D eigenvalue weighted by atomic mass is 10.2. The highest BCUT2D eigenvalue weighted by Crippen LogP contribution is 2.25. The van der Waals surface area contributed by atoms with Crippen molar-refractivity contribution in [2.75, 3.05) is 19.0 Å². The molecule has 0 N–H and O–H groups in total. The number of hydrogen-bond donors (Lipinski definition) is 0. The van der Waals surface area contributed by atoms with E-state index >= 15 is 0 Å². The van der Waals surface area contributed by atoms with E-state index in [9.17, 15) is 0 Å². The van der Waals surface area contributed by atoms with Crippen LogP contribution in [0.2, 0.25) is 0 Å². The van der Waals surface area contributed by atoms with E-state index in [4.69, 9.17) is 5.26 Å². The number of rotatable bonds is 3. The molecule has 0 atom stereocenters. The molecule has 3 nitrogen and oxygen atoms in total. The first-order valence-electron chi connectivity index (χ1n) is 4.21. The number of anilines is 1. The Morgan fingerprint density at radius 3 is 2.69 bits per heavy atom. The van der Waals surface area contributed by atoms with Crippen molar-refractivity contribution < 1.29 is 0 Å². The number of thiazole rings is 1. The molecule has 0 radical (unpaired) electrons. The number of nitrogens with zero attached hydrogens (tertiary/aromatic N) is 3. The molecule has 1 rings (SSSR count). The molecule has 0 aromatic carbocycles. The maximum atomic E-state index is 8.60.